The Morgan fingerprint density at radius 2 is 2.32 bits per heavy atom. The van der Waals surface area contributed by atoms with E-state index in [9.17, 15) is 0 Å². The smallest absolute Gasteiger partial charge is 0.191 e. The van der Waals surface area contributed by atoms with E-state index in [1.165, 1.54) is 25.7 Å². The van der Waals surface area contributed by atoms with Crippen LogP contribution in [0.4, 0.5) is 0 Å². The van der Waals surface area contributed by atoms with E-state index < -0.39 is 0 Å². The van der Waals surface area contributed by atoms with Gasteiger partial charge in [-0.3, -0.25) is 4.99 Å². The molecule has 0 radical (unpaired) electrons. The fourth-order valence-electron chi connectivity index (χ4n) is 3.54. The van der Waals surface area contributed by atoms with Crippen molar-refractivity contribution in [3.63, 3.8) is 0 Å². The third kappa shape index (κ3) is 6.26. The van der Waals surface area contributed by atoms with Crippen LogP contribution in [0, 0.1) is 5.92 Å². The van der Waals surface area contributed by atoms with Crippen molar-refractivity contribution in [3.05, 3.63) is 24.2 Å². The van der Waals surface area contributed by atoms with Gasteiger partial charge in [0, 0.05) is 43.3 Å². The van der Waals surface area contributed by atoms with Crippen molar-refractivity contribution < 1.29 is 9.15 Å². The van der Waals surface area contributed by atoms with E-state index in [1.54, 1.807) is 6.26 Å². The minimum atomic E-state index is 0.529. The van der Waals surface area contributed by atoms with Gasteiger partial charge in [0.15, 0.2) is 5.96 Å². The van der Waals surface area contributed by atoms with Crippen LogP contribution in [0.3, 0.4) is 0 Å². The summed E-state index contributed by atoms with van der Waals surface area (Å²) in [6.07, 6.45) is 11.1. The Balaban J connectivity index is 1.51. The summed E-state index contributed by atoms with van der Waals surface area (Å²) in [5.41, 5.74) is 0. The Hall–Kier alpha value is -1.14. The summed E-state index contributed by atoms with van der Waals surface area (Å²) in [5, 5.41) is 7.95. The molecule has 2 N–H and O–H groups in total. The molecule has 1 aromatic rings. The topological polar surface area (TPSA) is 58.8 Å². The fourth-order valence-corrected chi connectivity index (χ4v) is 4.37. The molecular formula is C19H31N3O2S. The number of nitrogens with zero attached hydrogens (tertiary/aromatic N) is 1. The molecule has 3 atom stereocenters. The molecule has 0 amide bonds. The number of hydrogen-bond donors (Lipinski definition) is 2. The number of nitrogens with one attached hydrogen (secondary N) is 2. The molecule has 25 heavy (non-hydrogen) atoms. The van der Waals surface area contributed by atoms with Gasteiger partial charge >= 0.3 is 0 Å². The summed E-state index contributed by atoms with van der Waals surface area (Å²) >= 11 is 2.00. The zero-order valence-corrected chi connectivity index (χ0v) is 16.0. The monoisotopic (exact) mass is 365 g/mol. The van der Waals surface area contributed by atoms with Gasteiger partial charge in [-0.2, -0.15) is 11.8 Å². The zero-order chi connectivity index (χ0) is 17.3. The summed E-state index contributed by atoms with van der Waals surface area (Å²) in [6.45, 7) is 3.40. The standard InChI is InChI=1S/C19H31N3O2S/c1-25-18-6-2-4-16(12-18)22-19(21-13-15-8-11-23-14-15)20-9-7-17-5-3-10-24-17/h3,5,10,15-16,18H,2,4,6-9,11-14H2,1H3,(H2,20,21,22). The van der Waals surface area contributed by atoms with E-state index in [0.717, 1.165) is 56.1 Å². The van der Waals surface area contributed by atoms with Crippen LogP contribution in [0.15, 0.2) is 27.8 Å². The van der Waals surface area contributed by atoms with E-state index >= 15 is 0 Å². The number of guanidine groups is 1. The van der Waals surface area contributed by atoms with Crippen LogP contribution in [0.5, 0.6) is 0 Å². The van der Waals surface area contributed by atoms with Crippen LogP contribution < -0.4 is 10.6 Å². The Labute approximate surface area is 155 Å². The summed E-state index contributed by atoms with van der Waals surface area (Å²) in [7, 11) is 0. The molecule has 6 heteroatoms. The Kier molecular flexibility index (Phi) is 7.55. The minimum absolute atomic E-state index is 0.529. The van der Waals surface area contributed by atoms with Crippen LogP contribution in [0.2, 0.25) is 0 Å². The van der Waals surface area contributed by atoms with Crippen molar-refractivity contribution in [2.45, 2.75) is 49.8 Å². The first-order valence-corrected chi connectivity index (χ1v) is 10.8. The maximum Gasteiger partial charge on any atom is 0.191 e. The highest BCUT2D eigenvalue weighted by molar-refractivity contribution is 7.99. The molecule has 1 aromatic heterocycles. The van der Waals surface area contributed by atoms with Crippen LogP contribution >= 0.6 is 11.8 Å². The highest BCUT2D eigenvalue weighted by Gasteiger charge is 2.22. The minimum Gasteiger partial charge on any atom is -0.469 e. The van der Waals surface area contributed by atoms with Gasteiger partial charge in [-0.25, -0.2) is 0 Å². The molecule has 2 fully saturated rings. The molecular weight excluding hydrogens is 334 g/mol. The number of rotatable bonds is 7. The van der Waals surface area contributed by atoms with Gasteiger partial charge in [-0.05, 0) is 44.1 Å². The lowest BCUT2D eigenvalue weighted by Gasteiger charge is -2.30. The molecule has 2 heterocycles. The van der Waals surface area contributed by atoms with Crippen molar-refractivity contribution in [1.82, 2.24) is 10.6 Å². The number of hydrogen-bond acceptors (Lipinski definition) is 4. The summed E-state index contributed by atoms with van der Waals surface area (Å²) in [5.74, 6) is 2.52. The molecule has 3 unspecified atom stereocenters. The van der Waals surface area contributed by atoms with Crippen molar-refractivity contribution >= 4 is 17.7 Å². The third-order valence-corrected chi connectivity index (χ3v) is 6.17. The summed E-state index contributed by atoms with van der Waals surface area (Å²) in [4.78, 5) is 4.85. The maximum absolute atomic E-state index is 5.47. The number of furan rings is 1. The lowest BCUT2D eigenvalue weighted by Crippen LogP contribution is -2.46. The molecule has 1 aliphatic heterocycles. The van der Waals surface area contributed by atoms with Crippen molar-refractivity contribution in [2.24, 2.45) is 10.9 Å². The van der Waals surface area contributed by atoms with Crippen molar-refractivity contribution in [2.75, 3.05) is 32.6 Å². The van der Waals surface area contributed by atoms with Crippen LogP contribution in [-0.2, 0) is 11.2 Å². The Morgan fingerprint density at radius 1 is 1.36 bits per heavy atom. The lowest BCUT2D eigenvalue weighted by atomic mass is 9.95. The molecule has 0 bridgehead atoms. The largest absolute Gasteiger partial charge is 0.469 e. The molecule has 5 nitrogen and oxygen atoms in total. The van der Waals surface area contributed by atoms with Gasteiger partial charge in [0.2, 0.25) is 0 Å². The summed E-state index contributed by atoms with van der Waals surface area (Å²) < 4.78 is 10.9. The number of aliphatic imine (C=N–C) groups is 1. The van der Waals surface area contributed by atoms with E-state index in [0.29, 0.717) is 12.0 Å². The van der Waals surface area contributed by atoms with E-state index in [1.807, 2.05) is 23.9 Å². The van der Waals surface area contributed by atoms with Gasteiger partial charge in [0.1, 0.15) is 5.76 Å². The van der Waals surface area contributed by atoms with E-state index in [2.05, 4.69) is 16.9 Å². The van der Waals surface area contributed by atoms with E-state index in [4.69, 9.17) is 14.1 Å². The highest BCUT2D eigenvalue weighted by Crippen LogP contribution is 2.26. The van der Waals surface area contributed by atoms with Crippen molar-refractivity contribution in [3.8, 4) is 0 Å². The quantitative estimate of drug-likeness (QED) is 0.574. The molecule has 3 rings (SSSR count). The second-order valence-electron chi connectivity index (χ2n) is 7.04. The molecule has 1 saturated heterocycles. The molecule has 0 aromatic carbocycles. The molecule has 2 aliphatic rings. The Bertz CT molecular complexity index is 515. The van der Waals surface area contributed by atoms with Gasteiger partial charge in [0.05, 0.1) is 12.9 Å². The molecule has 140 valence electrons. The first-order chi connectivity index (χ1) is 12.3. The van der Waals surface area contributed by atoms with E-state index in [-0.39, 0.29) is 0 Å². The van der Waals surface area contributed by atoms with Crippen molar-refractivity contribution in [1.29, 1.82) is 0 Å². The van der Waals surface area contributed by atoms with Gasteiger partial charge in [-0.15, -0.1) is 0 Å². The second-order valence-corrected chi connectivity index (χ2v) is 8.18. The number of thioether (sulfide) groups is 1. The maximum atomic E-state index is 5.47. The third-order valence-electron chi connectivity index (χ3n) is 5.08. The average molecular weight is 366 g/mol. The van der Waals surface area contributed by atoms with Gasteiger partial charge in [-0.1, -0.05) is 6.42 Å². The lowest BCUT2D eigenvalue weighted by molar-refractivity contribution is 0.187. The predicted octanol–water partition coefficient (Wildman–Crippen LogP) is 3.07. The fraction of sp³-hybridized carbons (Fsp3) is 0.737. The first-order valence-electron chi connectivity index (χ1n) is 9.51. The predicted molar refractivity (Wildman–Crippen MR) is 104 cm³/mol. The Morgan fingerprint density at radius 3 is 3.08 bits per heavy atom. The van der Waals surface area contributed by atoms with Gasteiger partial charge in [0.25, 0.3) is 0 Å². The first kappa shape index (κ1) is 18.6. The zero-order valence-electron chi connectivity index (χ0n) is 15.2. The van der Waals surface area contributed by atoms with Crippen LogP contribution in [0.25, 0.3) is 0 Å². The second kappa shape index (κ2) is 10.1. The highest BCUT2D eigenvalue weighted by atomic mass is 32.2. The van der Waals surface area contributed by atoms with Crippen LogP contribution in [-0.4, -0.2) is 49.8 Å². The SMILES string of the molecule is CSC1CCCC(NC(=NCC2CCOC2)NCCc2ccco2)C1. The molecule has 1 saturated carbocycles. The van der Waals surface area contributed by atoms with Gasteiger partial charge < -0.3 is 19.8 Å². The normalized spacial score (nSPS) is 27.4. The number of ether oxygens (including phenoxy) is 1. The average Bonchev–Trinajstić information content (AvgIpc) is 3.33. The molecule has 0 spiro atoms. The van der Waals surface area contributed by atoms with Crippen LogP contribution in [0.1, 0.15) is 37.9 Å². The summed E-state index contributed by atoms with van der Waals surface area (Å²) in [6, 6.07) is 4.49. The molecule has 1 aliphatic carbocycles.